The number of hydrogen-bond acceptors (Lipinski definition) is 3. The van der Waals surface area contributed by atoms with Crippen LogP contribution in [0.15, 0.2) is 67.0 Å². The highest BCUT2D eigenvalue weighted by atomic mass is 35.5. The number of hydrogen-bond donors (Lipinski definition) is 1. The van der Waals surface area contributed by atoms with E-state index in [0.717, 1.165) is 28.4 Å². The van der Waals surface area contributed by atoms with Gasteiger partial charge in [0.05, 0.1) is 23.6 Å². The summed E-state index contributed by atoms with van der Waals surface area (Å²) in [6.07, 6.45) is 3.78. The summed E-state index contributed by atoms with van der Waals surface area (Å²) in [6, 6.07) is 16.8. The van der Waals surface area contributed by atoms with Crippen molar-refractivity contribution in [1.82, 2.24) is 15.3 Å². The molecule has 0 bridgehead atoms. The van der Waals surface area contributed by atoms with Crippen molar-refractivity contribution in [3.63, 3.8) is 0 Å². The minimum absolute atomic E-state index is 0.0271. The molecule has 0 saturated carbocycles. The van der Waals surface area contributed by atoms with E-state index in [-0.39, 0.29) is 11.9 Å². The zero-order valence-electron chi connectivity index (χ0n) is 13.0. The van der Waals surface area contributed by atoms with Crippen LogP contribution in [0.3, 0.4) is 0 Å². The standard InChI is InChI=1S/C19H17ClFN3/c20-15-6-4-14(5-7-15)11-19(18-3-1-2-10-22-18)24-13-17-9-8-16(21)12-23-17/h1-10,12,19,24H,11,13H2. The number of benzene rings is 1. The number of rotatable bonds is 6. The van der Waals surface area contributed by atoms with Crippen LogP contribution in [0.5, 0.6) is 0 Å². The summed E-state index contributed by atoms with van der Waals surface area (Å²) < 4.78 is 13.0. The van der Waals surface area contributed by atoms with E-state index in [4.69, 9.17) is 11.6 Å². The van der Waals surface area contributed by atoms with E-state index in [2.05, 4.69) is 15.3 Å². The summed E-state index contributed by atoms with van der Waals surface area (Å²) in [5.41, 5.74) is 2.90. The molecule has 5 heteroatoms. The molecular formula is C19H17ClFN3. The van der Waals surface area contributed by atoms with E-state index < -0.39 is 0 Å². The van der Waals surface area contributed by atoms with E-state index in [0.29, 0.717) is 6.54 Å². The molecule has 0 aliphatic carbocycles. The minimum Gasteiger partial charge on any atom is -0.303 e. The van der Waals surface area contributed by atoms with E-state index in [9.17, 15) is 4.39 Å². The van der Waals surface area contributed by atoms with E-state index in [1.165, 1.54) is 12.3 Å². The number of pyridine rings is 2. The lowest BCUT2D eigenvalue weighted by Gasteiger charge is -2.18. The van der Waals surface area contributed by atoms with Gasteiger partial charge in [0.2, 0.25) is 0 Å². The first-order valence-corrected chi connectivity index (χ1v) is 8.08. The summed E-state index contributed by atoms with van der Waals surface area (Å²) in [5, 5.41) is 4.17. The SMILES string of the molecule is Fc1ccc(CNC(Cc2ccc(Cl)cc2)c2ccccn2)nc1. The van der Waals surface area contributed by atoms with Crippen molar-refractivity contribution >= 4 is 11.6 Å². The molecule has 24 heavy (non-hydrogen) atoms. The third-order valence-electron chi connectivity index (χ3n) is 3.72. The largest absolute Gasteiger partial charge is 0.303 e. The molecule has 2 aromatic heterocycles. The Morgan fingerprint density at radius 1 is 1.00 bits per heavy atom. The topological polar surface area (TPSA) is 37.8 Å². The fourth-order valence-corrected chi connectivity index (χ4v) is 2.58. The quantitative estimate of drug-likeness (QED) is 0.724. The van der Waals surface area contributed by atoms with Gasteiger partial charge in [-0.25, -0.2) is 4.39 Å². The maximum Gasteiger partial charge on any atom is 0.141 e. The third kappa shape index (κ3) is 4.60. The molecule has 0 saturated heterocycles. The number of aromatic nitrogens is 2. The lowest BCUT2D eigenvalue weighted by atomic mass is 10.0. The predicted molar refractivity (Wildman–Crippen MR) is 93.2 cm³/mol. The molecule has 1 atom stereocenters. The maximum absolute atomic E-state index is 13.0. The van der Waals surface area contributed by atoms with Gasteiger partial charge < -0.3 is 5.32 Å². The normalized spacial score (nSPS) is 12.1. The number of halogens is 2. The molecule has 0 spiro atoms. The second kappa shape index (κ2) is 7.99. The van der Waals surface area contributed by atoms with Crippen molar-refractivity contribution in [2.24, 2.45) is 0 Å². The van der Waals surface area contributed by atoms with Gasteiger partial charge >= 0.3 is 0 Å². The smallest absolute Gasteiger partial charge is 0.141 e. The van der Waals surface area contributed by atoms with Crippen LogP contribution in [0, 0.1) is 5.82 Å². The van der Waals surface area contributed by atoms with Crippen LogP contribution < -0.4 is 5.32 Å². The Hall–Kier alpha value is -2.30. The molecule has 1 N–H and O–H groups in total. The number of nitrogens with one attached hydrogen (secondary N) is 1. The lowest BCUT2D eigenvalue weighted by Crippen LogP contribution is -2.24. The van der Waals surface area contributed by atoms with Crippen LogP contribution in [0.2, 0.25) is 5.02 Å². The van der Waals surface area contributed by atoms with Crippen LogP contribution in [0.25, 0.3) is 0 Å². The molecule has 0 aliphatic rings. The maximum atomic E-state index is 13.0. The van der Waals surface area contributed by atoms with Crippen LogP contribution in [-0.2, 0) is 13.0 Å². The van der Waals surface area contributed by atoms with Gasteiger partial charge in [-0.2, -0.15) is 0 Å². The first-order valence-electron chi connectivity index (χ1n) is 7.70. The van der Waals surface area contributed by atoms with Crippen LogP contribution in [-0.4, -0.2) is 9.97 Å². The summed E-state index contributed by atoms with van der Waals surface area (Å²) in [7, 11) is 0. The molecule has 3 rings (SSSR count). The Bertz CT molecular complexity index is 761. The fraction of sp³-hybridized carbons (Fsp3) is 0.158. The Balaban J connectivity index is 1.74. The van der Waals surface area contributed by atoms with Crippen molar-refractivity contribution in [1.29, 1.82) is 0 Å². The van der Waals surface area contributed by atoms with Crippen molar-refractivity contribution in [3.8, 4) is 0 Å². The predicted octanol–water partition coefficient (Wildman–Crippen LogP) is 4.34. The highest BCUT2D eigenvalue weighted by molar-refractivity contribution is 6.30. The van der Waals surface area contributed by atoms with Crippen LogP contribution in [0.1, 0.15) is 23.0 Å². The van der Waals surface area contributed by atoms with E-state index in [1.807, 2.05) is 42.5 Å². The molecule has 0 fully saturated rings. The van der Waals surface area contributed by atoms with Crippen molar-refractivity contribution in [2.45, 2.75) is 19.0 Å². The van der Waals surface area contributed by atoms with E-state index in [1.54, 1.807) is 12.3 Å². The first-order chi connectivity index (χ1) is 11.7. The zero-order valence-corrected chi connectivity index (χ0v) is 13.7. The second-order valence-electron chi connectivity index (χ2n) is 5.49. The molecule has 1 aromatic carbocycles. The molecular weight excluding hydrogens is 325 g/mol. The Labute approximate surface area is 145 Å². The number of nitrogens with zero attached hydrogens (tertiary/aromatic N) is 2. The Kier molecular flexibility index (Phi) is 5.51. The van der Waals surface area contributed by atoms with Gasteiger partial charge in [0.15, 0.2) is 0 Å². The molecule has 1 unspecified atom stereocenters. The first kappa shape index (κ1) is 16.6. The van der Waals surface area contributed by atoms with Crippen LogP contribution >= 0.6 is 11.6 Å². The highest BCUT2D eigenvalue weighted by Crippen LogP contribution is 2.19. The van der Waals surface area contributed by atoms with Gasteiger partial charge in [0, 0.05) is 17.8 Å². The molecule has 0 radical (unpaired) electrons. The van der Waals surface area contributed by atoms with Gasteiger partial charge in [-0.15, -0.1) is 0 Å². The summed E-state index contributed by atoms with van der Waals surface area (Å²) in [4.78, 5) is 8.54. The summed E-state index contributed by atoms with van der Waals surface area (Å²) >= 11 is 5.95. The summed E-state index contributed by atoms with van der Waals surface area (Å²) in [6.45, 7) is 0.537. The Morgan fingerprint density at radius 3 is 2.50 bits per heavy atom. The van der Waals surface area contributed by atoms with Crippen molar-refractivity contribution in [3.05, 3.63) is 94.8 Å². The fourth-order valence-electron chi connectivity index (χ4n) is 2.46. The molecule has 3 aromatic rings. The average Bonchev–Trinajstić information content (AvgIpc) is 2.62. The van der Waals surface area contributed by atoms with Gasteiger partial charge in [0.1, 0.15) is 5.82 Å². The third-order valence-corrected chi connectivity index (χ3v) is 3.97. The van der Waals surface area contributed by atoms with Gasteiger partial charge in [-0.1, -0.05) is 29.8 Å². The van der Waals surface area contributed by atoms with Gasteiger partial charge in [0.25, 0.3) is 0 Å². The van der Waals surface area contributed by atoms with Gasteiger partial charge in [-0.05, 0) is 48.4 Å². The molecule has 122 valence electrons. The van der Waals surface area contributed by atoms with Gasteiger partial charge in [-0.3, -0.25) is 9.97 Å². The molecule has 3 nitrogen and oxygen atoms in total. The average molecular weight is 342 g/mol. The Morgan fingerprint density at radius 2 is 1.83 bits per heavy atom. The zero-order chi connectivity index (χ0) is 16.8. The monoisotopic (exact) mass is 341 g/mol. The highest BCUT2D eigenvalue weighted by Gasteiger charge is 2.13. The molecule has 0 amide bonds. The summed E-state index contributed by atoms with van der Waals surface area (Å²) in [5.74, 6) is -0.332. The van der Waals surface area contributed by atoms with E-state index >= 15 is 0 Å². The van der Waals surface area contributed by atoms with Crippen LogP contribution in [0.4, 0.5) is 4.39 Å². The molecule has 0 aliphatic heterocycles. The second-order valence-corrected chi connectivity index (χ2v) is 5.92. The van der Waals surface area contributed by atoms with Crippen molar-refractivity contribution in [2.75, 3.05) is 0 Å². The van der Waals surface area contributed by atoms with Crippen molar-refractivity contribution < 1.29 is 4.39 Å². The lowest BCUT2D eigenvalue weighted by molar-refractivity contribution is 0.512. The minimum atomic E-state index is -0.332. The molecule has 2 heterocycles.